The van der Waals surface area contributed by atoms with Gasteiger partial charge < -0.3 is 15.3 Å². The molecule has 1 aliphatic rings. The zero-order chi connectivity index (χ0) is 28.3. The van der Waals surface area contributed by atoms with Crippen LogP contribution in [0.15, 0.2) is 66.1 Å². The van der Waals surface area contributed by atoms with Gasteiger partial charge in [-0.05, 0) is 81.8 Å². The molecule has 1 saturated heterocycles. The highest BCUT2D eigenvalue weighted by Gasteiger charge is 2.22. The topological polar surface area (TPSA) is 101 Å². The zero-order valence-corrected chi connectivity index (χ0v) is 24.2. The third-order valence-corrected chi connectivity index (χ3v) is 7.98. The summed E-state index contributed by atoms with van der Waals surface area (Å²) in [7, 11) is 0. The molecule has 4 aromatic rings. The highest BCUT2D eigenvalue weighted by atomic mass is 32.2. The Morgan fingerprint density at radius 3 is 2.58 bits per heavy atom. The first-order valence-corrected chi connectivity index (χ1v) is 15.1. The van der Waals surface area contributed by atoms with Gasteiger partial charge in [0.05, 0.1) is 12.2 Å². The van der Waals surface area contributed by atoms with Crippen LogP contribution in [0.4, 0.5) is 11.6 Å². The van der Waals surface area contributed by atoms with Crippen LogP contribution in [0.1, 0.15) is 43.9 Å². The predicted octanol–water partition coefficient (Wildman–Crippen LogP) is 4.68. The van der Waals surface area contributed by atoms with E-state index in [-0.39, 0.29) is 12.1 Å². The number of allylic oxidation sites excluding steroid dienone is 1. The van der Waals surface area contributed by atoms with Crippen LogP contribution in [0, 0.1) is 0 Å². The second-order valence-electron chi connectivity index (χ2n) is 10.7. The van der Waals surface area contributed by atoms with Gasteiger partial charge >= 0.3 is 0 Å². The number of thioether (sulfide) groups is 1. The van der Waals surface area contributed by atoms with Crippen molar-refractivity contribution < 1.29 is 5.11 Å². The number of nitrogens with zero attached hydrogens (tertiary/aromatic N) is 6. The molecule has 0 bridgehead atoms. The van der Waals surface area contributed by atoms with Crippen LogP contribution < -0.4 is 10.9 Å². The fourth-order valence-electron chi connectivity index (χ4n) is 5.17. The predicted molar refractivity (Wildman–Crippen MR) is 163 cm³/mol. The Morgan fingerprint density at radius 1 is 1.15 bits per heavy atom. The van der Waals surface area contributed by atoms with Crippen LogP contribution in [-0.4, -0.2) is 66.0 Å². The number of piperidine rings is 1. The first-order valence-electron chi connectivity index (χ1n) is 13.7. The van der Waals surface area contributed by atoms with Gasteiger partial charge in [0.15, 0.2) is 11.5 Å². The Kier molecular flexibility index (Phi) is 8.39. The molecule has 0 unspecified atom stereocenters. The molecule has 3 aromatic heterocycles. The minimum absolute atomic E-state index is 0.235. The Bertz CT molecular complexity index is 1530. The minimum Gasteiger partial charge on any atom is -0.384 e. The van der Waals surface area contributed by atoms with Gasteiger partial charge in [-0.2, -0.15) is 16.7 Å². The van der Waals surface area contributed by atoms with Crippen molar-refractivity contribution in [1.82, 2.24) is 29.2 Å². The van der Waals surface area contributed by atoms with Crippen molar-refractivity contribution in [2.75, 3.05) is 37.0 Å². The molecule has 0 saturated carbocycles. The fourth-order valence-corrected chi connectivity index (χ4v) is 5.61. The number of anilines is 2. The van der Waals surface area contributed by atoms with Crippen molar-refractivity contribution in [3.8, 4) is 5.82 Å². The Balaban J connectivity index is 1.40. The second kappa shape index (κ2) is 12.0. The van der Waals surface area contributed by atoms with Crippen molar-refractivity contribution >= 4 is 34.4 Å². The average Bonchev–Trinajstić information content (AvgIpc) is 3.23. The number of hydrogen-bond donors (Lipinski definition) is 2. The Morgan fingerprint density at radius 2 is 1.90 bits per heavy atom. The number of hydrogen-bond acceptors (Lipinski definition) is 8. The SMILES string of the molecule is C=CCn1c(=O)c2cnc(Nc3ccc(C4CCN(CCSC)CC4)cc3)nc2n1-c1cccc(C(C)(C)O)n1. The molecular weight excluding hydrogens is 522 g/mol. The third-order valence-electron chi connectivity index (χ3n) is 7.39. The smallest absolute Gasteiger partial charge is 0.278 e. The summed E-state index contributed by atoms with van der Waals surface area (Å²) in [6, 6.07) is 13.8. The van der Waals surface area contributed by atoms with Gasteiger partial charge in [-0.25, -0.2) is 19.3 Å². The maximum Gasteiger partial charge on any atom is 0.278 e. The largest absolute Gasteiger partial charge is 0.384 e. The van der Waals surface area contributed by atoms with Gasteiger partial charge in [0, 0.05) is 24.2 Å². The molecule has 0 spiro atoms. The van der Waals surface area contributed by atoms with Crippen LogP contribution >= 0.6 is 11.8 Å². The van der Waals surface area contributed by atoms with Gasteiger partial charge in [0.2, 0.25) is 5.95 Å². The molecule has 4 heterocycles. The second-order valence-corrected chi connectivity index (χ2v) is 11.7. The van der Waals surface area contributed by atoms with E-state index in [1.807, 2.05) is 11.8 Å². The fraction of sp³-hybridized carbons (Fsp3) is 0.400. The Hall–Kier alpha value is -3.47. The lowest BCUT2D eigenvalue weighted by Crippen LogP contribution is -2.34. The maximum absolute atomic E-state index is 13.2. The van der Waals surface area contributed by atoms with Crippen molar-refractivity contribution in [3.05, 3.63) is 82.9 Å². The van der Waals surface area contributed by atoms with Gasteiger partial charge in [-0.1, -0.05) is 24.3 Å². The van der Waals surface area contributed by atoms with Crippen LogP contribution in [0.5, 0.6) is 0 Å². The summed E-state index contributed by atoms with van der Waals surface area (Å²) in [5.74, 6) is 2.63. The van der Waals surface area contributed by atoms with E-state index in [1.54, 1.807) is 49.0 Å². The number of aliphatic hydroxyl groups is 1. The summed E-state index contributed by atoms with van der Waals surface area (Å²) in [6.45, 7) is 10.9. The van der Waals surface area contributed by atoms with E-state index < -0.39 is 5.60 Å². The first kappa shape index (κ1) is 28.1. The monoisotopic (exact) mass is 559 g/mol. The number of aromatic nitrogens is 5. The summed E-state index contributed by atoms with van der Waals surface area (Å²) in [5, 5.41) is 14.2. The normalized spacial score (nSPS) is 15.0. The molecule has 2 N–H and O–H groups in total. The van der Waals surface area contributed by atoms with E-state index in [9.17, 15) is 9.90 Å². The molecule has 0 radical (unpaired) electrons. The number of fused-ring (bicyclic) bond motifs is 1. The van der Waals surface area contributed by atoms with E-state index in [2.05, 4.69) is 57.3 Å². The van der Waals surface area contributed by atoms with Crippen LogP contribution in [0.2, 0.25) is 0 Å². The average molecular weight is 560 g/mol. The summed E-state index contributed by atoms with van der Waals surface area (Å²) in [4.78, 5) is 29.6. The highest BCUT2D eigenvalue weighted by molar-refractivity contribution is 7.98. The summed E-state index contributed by atoms with van der Waals surface area (Å²) >= 11 is 1.91. The van der Waals surface area contributed by atoms with Gasteiger partial charge in [0.1, 0.15) is 11.0 Å². The van der Waals surface area contributed by atoms with Crippen molar-refractivity contribution in [3.63, 3.8) is 0 Å². The summed E-state index contributed by atoms with van der Waals surface area (Å²) in [5.41, 5.74) is 1.78. The molecule has 0 atom stereocenters. The molecule has 1 aromatic carbocycles. The minimum atomic E-state index is -1.14. The van der Waals surface area contributed by atoms with E-state index in [0.717, 1.165) is 18.8 Å². The van der Waals surface area contributed by atoms with E-state index in [4.69, 9.17) is 4.98 Å². The van der Waals surface area contributed by atoms with E-state index in [0.29, 0.717) is 34.4 Å². The first-order chi connectivity index (χ1) is 19.3. The molecule has 10 heteroatoms. The van der Waals surface area contributed by atoms with Crippen molar-refractivity contribution in [1.29, 1.82) is 0 Å². The Labute approximate surface area is 239 Å². The molecule has 5 rings (SSSR count). The lowest BCUT2D eigenvalue weighted by atomic mass is 9.89. The molecule has 1 fully saturated rings. The highest BCUT2D eigenvalue weighted by Crippen LogP contribution is 2.29. The van der Waals surface area contributed by atoms with Gasteiger partial charge in [-0.15, -0.1) is 6.58 Å². The lowest BCUT2D eigenvalue weighted by Gasteiger charge is -2.32. The van der Waals surface area contributed by atoms with Gasteiger partial charge in [0.25, 0.3) is 5.56 Å². The summed E-state index contributed by atoms with van der Waals surface area (Å²) < 4.78 is 3.18. The molecule has 1 aliphatic heterocycles. The summed E-state index contributed by atoms with van der Waals surface area (Å²) in [6.07, 6.45) is 7.73. The third kappa shape index (κ3) is 5.99. The number of benzene rings is 1. The molecular formula is C30H37N7O2S. The molecule has 9 nitrogen and oxygen atoms in total. The number of rotatable bonds is 10. The quantitative estimate of drug-likeness (QED) is 0.270. The van der Waals surface area contributed by atoms with Crippen LogP contribution in [0.3, 0.4) is 0 Å². The molecule has 0 aliphatic carbocycles. The number of likely N-dealkylation sites (tertiary alicyclic amines) is 1. The van der Waals surface area contributed by atoms with Crippen LogP contribution in [-0.2, 0) is 12.1 Å². The lowest BCUT2D eigenvalue weighted by molar-refractivity contribution is 0.0738. The maximum atomic E-state index is 13.2. The molecule has 40 heavy (non-hydrogen) atoms. The van der Waals surface area contributed by atoms with Crippen molar-refractivity contribution in [2.24, 2.45) is 0 Å². The molecule has 210 valence electrons. The van der Waals surface area contributed by atoms with Gasteiger partial charge in [-0.3, -0.25) is 4.79 Å². The van der Waals surface area contributed by atoms with E-state index >= 15 is 0 Å². The standard InChI is InChI=1S/C30H37N7O2S/c1-5-15-36-28(38)24-20-31-29(34-27(24)37(36)26-8-6-7-25(33-26)30(2,3)39)32-23-11-9-21(10-12-23)22-13-16-35(17-14-22)18-19-40-4/h5-12,20,22,39H,1,13-19H2,2-4H3,(H,31,32,34). The number of nitrogens with one attached hydrogen (secondary N) is 1. The zero-order valence-electron chi connectivity index (χ0n) is 23.4. The molecule has 0 amide bonds. The van der Waals surface area contributed by atoms with Crippen LogP contribution in [0.25, 0.3) is 16.9 Å². The van der Waals surface area contributed by atoms with Crippen molar-refractivity contribution in [2.45, 2.75) is 44.8 Å². The van der Waals surface area contributed by atoms with E-state index in [1.165, 1.54) is 35.4 Å². The number of pyridine rings is 1.